The summed E-state index contributed by atoms with van der Waals surface area (Å²) < 4.78 is 2.01. The molecule has 0 radical (unpaired) electrons. The second-order valence-corrected chi connectivity index (χ2v) is 12.1. The van der Waals surface area contributed by atoms with E-state index in [1.165, 1.54) is 12.8 Å². The maximum Gasteiger partial charge on any atom is 0.304 e. The summed E-state index contributed by atoms with van der Waals surface area (Å²) >= 11 is 23.7. The van der Waals surface area contributed by atoms with Crippen molar-refractivity contribution in [3.05, 3.63) is 0 Å². The highest BCUT2D eigenvalue weighted by atomic mass is 35.7. The van der Waals surface area contributed by atoms with Gasteiger partial charge in [0.1, 0.15) is 0 Å². The molecule has 1 fully saturated rings. The van der Waals surface area contributed by atoms with Crippen LogP contribution in [0.25, 0.3) is 0 Å². The first-order chi connectivity index (χ1) is 5.63. The second kappa shape index (κ2) is 5.44. The molecule has 0 bridgehead atoms. The molecular formula is C5H11Cl4NSi2. The summed E-state index contributed by atoms with van der Waals surface area (Å²) in [4.78, 5) is 0. The van der Waals surface area contributed by atoms with Crippen molar-refractivity contribution in [3.63, 3.8) is 0 Å². The molecule has 0 spiro atoms. The van der Waals surface area contributed by atoms with Crippen LogP contribution in [0.4, 0.5) is 0 Å². The lowest BCUT2D eigenvalue weighted by molar-refractivity contribution is 0.487. The van der Waals surface area contributed by atoms with E-state index in [-0.39, 0.29) is 0 Å². The van der Waals surface area contributed by atoms with Gasteiger partial charge in [0, 0.05) is 6.04 Å². The zero-order valence-corrected chi connectivity index (χ0v) is 11.9. The van der Waals surface area contributed by atoms with Crippen LogP contribution >= 0.6 is 44.3 Å². The molecule has 0 unspecified atom stereocenters. The van der Waals surface area contributed by atoms with Crippen molar-refractivity contribution < 1.29 is 0 Å². The Hall–Kier alpha value is 1.55. The fourth-order valence-electron chi connectivity index (χ4n) is 1.61. The zero-order chi connectivity index (χ0) is 9.14. The Labute approximate surface area is 95.1 Å². The van der Waals surface area contributed by atoms with E-state index < -0.39 is 15.2 Å². The van der Waals surface area contributed by atoms with Crippen LogP contribution < -0.4 is 0 Å². The van der Waals surface area contributed by atoms with Crippen LogP contribution in [0, 0.1) is 0 Å². The predicted octanol–water partition coefficient (Wildman–Crippen LogP) is 2.62. The Kier molecular flexibility index (Phi) is 5.27. The molecule has 0 N–H and O–H groups in total. The molecule has 1 aliphatic rings. The van der Waals surface area contributed by atoms with Crippen molar-refractivity contribution >= 4 is 59.5 Å². The standard InChI is InChI=1S/C5H11Cl4NSi2/c6-11(7)10(12(8)9)5-3-1-2-4-5/h5,11-12H,1-4H2. The van der Waals surface area contributed by atoms with E-state index in [2.05, 4.69) is 0 Å². The molecule has 0 heterocycles. The molecule has 72 valence electrons. The van der Waals surface area contributed by atoms with Crippen LogP contribution in [0.1, 0.15) is 25.7 Å². The van der Waals surface area contributed by atoms with Gasteiger partial charge in [0.05, 0.1) is 0 Å². The molecule has 1 aliphatic carbocycles. The summed E-state index contributed by atoms with van der Waals surface area (Å²) in [6, 6.07) is 0.475. The average molecular weight is 283 g/mol. The molecule has 0 aromatic heterocycles. The first-order valence-electron chi connectivity index (χ1n) is 3.96. The number of nitrogens with zero attached hydrogens (tertiary/aromatic N) is 1. The number of halogens is 4. The quantitative estimate of drug-likeness (QED) is 0.568. The minimum Gasteiger partial charge on any atom is -0.300 e. The number of hydrogen-bond acceptors (Lipinski definition) is 1. The maximum absolute atomic E-state index is 5.91. The van der Waals surface area contributed by atoms with Crippen LogP contribution in [0.2, 0.25) is 0 Å². The van der Waals surface area contributed by atoms with Crippen LogP contribution in [-0.4, -0.2) is 25.4 Å². The van der Waals surface area contributed by atoms with Crippen molar-refractivity contribution in [3.8, 4) is 0 Å². The van der Waals surface area contributed by atoms with Crippen LogP contribution in [0.3, 0.4) is 0 Å². The SMILES string of the molecule is Cl[SiH](Cl)N(C1CCCC1)[SiH](Cl)Cl. The molecule has 0 atom stereocenters. The largest absolute Gasteiger partial charge is 0.304 e. The summed E-state index contributed by atoms with van der Waals surface area (Å²) in [6.07, 6.45) is 4.83. The second-order valence-electron chi connectivity index (χ2n) is 2.94. The molecule has 1 rings (SSSR count). The summed E-state index contributed by atoms with van der Waals surface area (Å²) in [5, 5.41) is 0. The van der Waals surface area contributed by atoms with Gasteiger partial charge in [-0.25, -0.2) is 0 Å². The van der Waals surface area contributed by atoms with Gasteiger partial charge in [0.25, 0.3) is 0 Å². The van der Waals surface area contributed by atoms with Gasteiger partial charge in [-0.15, -0.1) is 44.3 Å². The van der Waals surface area contributed by atoms with E-state index in [0.717, 1.165) is 12.8 Å². The Balaban J connectivity index is 2.52. The van der Waals surface area contributed by atoms with Gasteiger partial charge in [0.2, 0.25) is 0 Å². The highest BCUT2D eigenvalue weighted by Crippen LogP contribution is 2.28. The summed E-state index contributed by atoms with van der Waals surface area (Å²) in [7, 11) is -3.64. The van der Waals surface area contributed by atoms with Crippen molar-refractivity contribution in [2.45, 2.75) is 31.7 Å². The van der Waals surface area contributed by atoms with Gasteiger partial charge in [-0.2, -0.15) is 0 Å². The summed E-state index contributed by atoms with van der Waals surface area (Å²) in [6.45, 7) is 0. The van der Waals surface area contributed by atoms with Crippen molar-refractivity contribution in [1.82, 2.24) is 4.23 Å². The van der Waals surface area contributed by atoms with E-state index >= 15 is 0 Å². The molecule has 12 heavy (non-hydrogen) atoms. The minimum absolute atomic E-state index is 0.475. The predicted molar refractivity (Wildman–Crippen MR) is 61.8 cm³/mol. The van der Waals surface area contributed by atoms with Gasteiger partial charge in [-0.3, -0.25) is 4.23 Å². The van der Waals surface area contributed by atoms with Gasteiger partial charge in [-0.1, -0.05) is 12.8 Å². The van der Waals surface area contributed by atoms with E-state index in [0.29, 0.717) is 6.04 Å². The highest BCUT2D eigenvalue weighted by Gasteiger charge is 2.32. The van der Waals surface area contributed by atoms with Crippen molar-refractivity contribution in [2.24, 2.45) is 0 Å². The third-order valence-corrected chi connectivity index (χ3v) is 10.7. The zero-order valence-electron chi connectivity index (χ0n) is 6.52. The lowest BCUT2D eigenvalue weighted by Gasteiger charge is -2.29. The van der Waals surface area contributed by atoms with Gasteiger partial charge in [0.15, 0.2) is 0 Å². The third kappa shape index (κ3) is 3.05. The van der Waals surface area contributed by atoms with Crippen LogP contribution in [0.5, 0.6) is 0 Å². The maximum atomic E-state index is 5.91. The van der Waals surface area contributed by atoms with E-state index in [9.17, 15) is 0 Å². The number of rotatable bonds is 3. The van der Waals surface area contributed by atoms with Gasteiger partial charge in [-0.05, 0) is 12.8 Å². The third-order valence-electron chi connectivity index (χ3n) is 2.20. The number of hydrogen-bond donors (Lipinski definition) is 0. The lowest BCUT2D eigenvalue weighted by Crippen LogP contribution is -2.45. The molecule has 0 saturated heterocycles. The highest BCUT2D eigenvalue weighted by molar-refractivity contribution is 7.42. The summed E-state index contributed by atoms with van der Waals surface area (Å²) in [5.41, 5.74) is 0. The lowest BCUT2D eigenvalue weighted by atomic mass is 10.3. The van der Waals surface area contributed by atoms with Crippen LogP contribution in [-0.2, 0) is 0 Å². The molecule has 0 aromatic rings. The Bertz CT molecular complexity index is 131. The molecular weight excluding hydrogens is 272 g/mol. The molecule has 1 saturated carbocycles. The van der Waals surface area contributed by atoms with Crippen molar-refractivity contribution in [2.75, 3.05) is 0 Å². The first-order valence-corrected chi connectivity index (χ1v) is 12.0. The summed E-state index contributed by atoms with van der Waals surface area (Å²) in [5.74, 6) is 0. The Morgan fingerprint density at radius 1 is 0.917 bits per heavy atom. The Morgan fingerprint density at radius 3 is 1.67 bits per heavy atom. The minimum atomic E-state index is -1.82. The van der Waals surface area contributed by atoms with E-state index in [4.69, 9.17) is 44.3 Å². The molecule has 0 aromatic carbocycles. The monoisotopic (exact) mass is 281 g/mol. The van der Waals surface area contributed by atoms with E-state index in [1.54, 1.807) is 0 Å². The average Bonchev–Trinajstić information content (AvgIpc) is 2.37. The van der Waals surface area contributed by atoms with Gasteiger partial charge >= 0.3 is 15.2 Å². The van der Waals surface area contributed by atoms with Crippen LogP contribution in [0.15, 0.2) is 0 Å². The molecule has 0 amide bonds. The Morgan fingerprint density at radius 2 is 1.33 bits per heavy atom. The fourth-order valence-corrected chi connectivity index (χ4v) is 11.6. The normalized spacial score (nSPS) is 20.2. The van der Waals surface area contributed by atoms with Crippen molar-refractivity contribution in [1.29, 1.82) is 0 Å². The van der Waals surface area contributed by atoms with Gasteiger partial charge < -0.3 is 0 Å². The molecule has 1 nitrogen and oxygen atoms in total. The molecule has 0 aliphatic heterocycles. The van der Waals surface area contributed by atoms with E-state index in [1.807, 2.05) is 4.23 Å². The molecule has 7 heteroatoms. The first kappa shape index (κ1) is 11.6. The smallest absolute Gasteiger partial charge is 0.300 e. The topological polar surface area (TPSA) is 3.24 Å². The fraction of sp³-hybridized carbons (Fsp3) is 1.00.